The van der Waals surface area contributed by atoms with Gasteiger partial charge in [-0.25, -0.2) is 0 Å². The van der Waals surface area contributed by atoms with Crippen molar-refractivity contribution < 1.29 is 9.59 Å². The molecule has 1 N–H and O–H groups in total. The number of ketones is 1. The Labute approximate surface area is 204 Å². The summed E-state index contributed by atoms with van der Waals surface area (Å²) in [7, 11) is 4.36. The lowest BCUT2D eigenvalue weighted by Crippen LogP contribution is -2.42. The number of hydrogen-bond acceptors (Lipinski definition) is 4. The van der Waals surface area contributed by atoms with Crippen molar-refractivity contribution in [1.82, 2.24) is 10.2 Å². The molecular formula is C29H39N3O2. The average molecular weight is 462 g/mol. The topological polar surface area (TPSA) is 52.7 Å². The minimum absolute atomic E-state index is 0.0922. The number of rotatable bonds is 4. The first-order valence-electron chi connectivity index (χ1n) is 12.8. The number of Topliss-reactive ketones (excluding diaryl/α,β-unsaturated/α-hetero) is 1. The van der Waals surface area contributed by atoms with Crippen LogP contribution in [-0.2, 0) is 11.2 Å². The van der Waals surface area contributed by atoms with Gasteiger partial charge in [0.15, 0.2) is 5.78 Å². The number of hydrogen-bond donors (Lipinski definition) is 1. The third-order valence-corrected chi connectivity index (χ3v) is 7.72. The van der Waals surface area contributed by atoms with Gasteiger partial charge >= 0.3 is 0 Å². The summed E-state index contributed by atoms with van der Waals surface area (Å²) in [6.45, 7) is 5.44. The molecule has 1 heterocycles. The minimum atomic E-state index is -0.0922. The number of anilines is 1. The highest BCUT2D eigenvalue weighted by atomic mass is 16.2. The second-order valence-electron chi connectivity index (χ2n) is 10.2. The highest BCUT2D eigenvalue weighted by molar-refractivity contribution is 6.02. The van der Waals surface area contributed by atoms with E-state index >= 15 is 0 Å². The molecule has 1 fully saturated rings. The molecule has 0 spiro atoms. The zero-order valence-electron chi connectivity index (χ0n) is 21.2. The molecule has 0 unspecified atom stereocenters. The summed E-state index contributed by atoms with van der Waals surface area (Å²) in [4.78, 5) is 30.9. The number of carbonyl (C=O) groups is 2. The van der Waals surface area contributed by atoms with Crippen molar-refractivity contribution in [1.29, 1.82) is 0 Å². The van der Waals surface area contributed by atoms with Gasteiger partial charge in [-0.05, 0) is 89.7 Å². The van der Waals surface area contributed by atoms with E-state index in [4.69, 9.17) is 0 Å². The van der Waals surface area contributed by atoms with Crippen molar-refractivity contribution in [3.8, 4) is 0 Å². The van der Waals surface area contributed by atoms with E-state index < -0.39 is 0 Å². The molecule has 5 heteroatoms. The quantitative estimate of drug-likeness (QED) is 0.653. The van der Waals surface area contributed by atoms with E-state index in [0.29, 0.717) is 31.5 Å². The first-order valence-corrected chi connectivity index (χ1v) is 12.8. The summed E-state index contributed by atoms with van der Waals surface area (Å²) in [5.41, 5.74) is 5.86. The lowest BCUT2D eigenvalue weighted by Gasteiger charge is -2.40. The molecule has 5 nitrogen and oxygen atoms in total. The Kier molecular flexibility index (Phi) is 7.72. The fourth-order valence-electron chi connectivity index (χ4n) is 5.83. The zero-order chi connectivity index (χ0) is 24.2. The van der Waals surface area contributed by atoms with Crippen LogP contribution < -0.4 is 10.2 Å². The molecule has 1 aromatic carbocycles. The van der Waals surface area contributed by atoms with Crippen LogP contribution in [0.1, 0.15) is 68.3 Å². The molecule has 34 heavy (non-hydrogen) atoms. The Hall–Kier alpha value is -2.66. The van der Waals surface area contributed by atoms with Gasteiger partial charge in [-0.1, -0.05) is 29.9 Å². The van der Waals surface area contributed by atoms with E-state index in [0.717, 1.165) is 40.8 Å². The SMILES string of the molecule is CCN(c1cccc2c1C/C=C\CC1=C(CNC2=O)C(=O)CC(C)=C1)C1CCC(N(C)C)CC1. The van der Waals surface area contributed by atoms with Gasteiger partial charge in [-0.3, -0.25) is 9.59 Å². The molecule has 1 saturated carbocycles. The molecule has 0 atom stereocenters. The van der Waals surface area contributed by atoms with E-state index in [1.165, 1.54) is 31.4 Å². The van der Waals surface area contributed by atoms with E-state index in [1.807, 2.05) is 19.1 Å². The average Bonchev–Trinajstić information content (AvgIpc) is 2.84. The number of benzene rings is 1. The molecule has 0 bridgehead atoms. The molecule has 2 aliphatic carbocycles. The van der Waals surface area contributed by atoms with Crippen LogP contribution in [-0.4, -0.2) is 55.9 Å². The van der Waals surface area contributed by atoms with Gasteiger partial charge in [0.2, 0.25) is 0 Å². The van der Waals surface area contributed by atoms with Crippen LogP contribution in [0.5, 0.6) is 0 Å². The summed E-state index contributed by atoms with van der Waals surface area (Å²) in [6, 6.07) is 7.28. The molecule has 0 saturated heterocycles. The molecule has 3 aliphatic rings. The summed E-state index contributed by atoms with van der Waals surface area (Å²) >= 11 is 0. The van der Waals surface area contributed by atoms with Crippen molar-refractivity contribution in [3.63, 3.8) is 0 Å². The second kappa shape index (κ2) is 10.7. The third-order valence-electron chi connectivity index (χ3n) is 7.72. The Morgan fingerprint density at radius 3 is 2.41 bits per heavy atom. The fourth-order valence-corrected chi connectivity index (χ4v) is 5.83. The monoisotopic (exact) mass is 461 g/mol. The Bertz CT molecular complexity index is 1030. The molecular weight excluding hydrogens is 422 g/mol. The summed E-state index contributed by atoms with van der Waals surface area (Å²) < 4.78 is 0. The van der Waals surface area contributed by atoms with Gasteiger partial charge < -0.3 is 15.1 Å². The predicted octanol–water partition coefficient (Wildman–Crippen LogP) is 4.83. The predicted molar refractivity (Wildman–Crippen MR) is 139 cm³/mol. The smallest absolute Gasteiger partial charge is 0.251 e. The van der Waals surface area contributed by atoms with E-state index in [-0.39, 0.29) is 11.7 Å². The lowest BCUT2D eigenvalue weighted by atomic mass is 9.88. The van der Waals surface area contributed by atoms with Crippen molar-refractivity contribution in [2.75, 3.05) is 32.1 Å². The molecule has 1 amide bonds. The number of nitrogens with zero attached hydrogens (tertiary/aromatic N) is 2. The minimum Gasteiger partial charge on any atom is -0.369 e. The maximum Gasteiger partial charge on any atom is 0.251 e. The fraction of sp³-hybridized carbons (Fsp3) is 0.517. The van der Waals surface area contributed by atoms with Crippen molar-refractivity contribution in [3.05, 3.63) is 64.3 Å². The van der Waals surface area contributed by atoms with Crippen LogP contribution >= 0.6 is 0 Å². The standard InChI is InChI=1S/C29H39N3O2/c1-5-32(23-15-13-22(14-16-23)31(3)4)27-12-8-11-25-24(27)10-7-6-9-21-17-20(2)18-28(33)26(21)19-30-29(25)34/h6-8,11-12,17,22-23H,5,9-10,13-16,18-19H2,1-4H3,(H,30,34)/b7-6-. The van der Waals surface area contributed by atoms with Crippen molar-refractivity contribution in [2.45, 2.75) is 70.9 Å². The number of fused-ring (bicyclic) bond motifs is 1. The Balaban J connectivity index is 1.63. The maximum atomic E-state index is 13.3. The van der Waals surface area contributed by atoms with Gasteiger partial charge in [-0.15, -0.1) is 0 Å². The summed E-state index contributed by atoms with van der Waals surface area (Å²) in [6.07, 6.45) is 13.1. The van der Waals surface area contributed by atoms with Gasteiger partial charge in [0.05, 0.1) is 0 Å². The van der Waals surface area contributed by atoms with Crippen molar-refractivity contribution in [2.24, 2.45) is 0 Å². The van der Waals surface area contributed by atoms with Crippen LogP contribution in [0.3, 0.4) is 0 Å². The Morgan fingerprint density at radius 1 is 1.00 bits per heavy atom. The highest BCUT2D eigenvalue weighted by Gasteiger charge is 2.29. The number of amides is 1. The van der Waals surface area contributed by atoms with E-state index in [1.54, 1.807) is 0 Å². The van der Waals surface area contributed by atoms with Crippen LogP contribution in [0, 0.1) is 0 Å². The molecule has 1 aromatic rings. The largest absolute Gasteiger partial charge is 0.369 e. The number of nitrogens with one attached hydrogen (secondary N) is 1. The summed E-state index contributed by atoms with van der Waals surface area (Å²) in [5.74, 6) is 0.0350. The van der Waals surface area contributed by atoms with Gasteiger partial charge in [-0.2, -0.15) is 0 Å². The maximum absolute atomic E-state index is 13.3. The van der Waals surface area contributed by atoms with Crippen LogP contribution in [0.25, 0.3) is 0 Å². The van der Waals surface area contributed by atoms with Gasteiger partial charge in [0, 0.05) is 48.4 Å². The highest BCUT2D eigenvalue weighted by Crippen LogP contribution is 2.33. The van der Waals surface area contributed by atoms with E-state index in [2.05, 4.69) is 60.4 Å². The van der Waals surface area contributed by atoms with Gasteiger partial charge in [0.1, 0.15) is 0 Å². The first-order chi connectivity index (χ1) is 16.4. The summed E-state index contributed by atoms with van der Waals surface area (Å²) in [5, 5.41) is 3.06. The molecule has 0 radical (unpaired) electrons. The molecule has 182 valence electrons. The second-order valence-corrected chi connectivity index (χ2v) is 10.2. The molecule has 1 aliphatic heterocycles. The molecule has 4 rings (SSSR count). The number of allylic oxidation sites excluding steroid dienone is 5. The third kappa shape index (κ3) is 5.20. The van der Waals surface area contributed by atoms with Crippen LogP contribution in [0.2, 0.25) is 0 Å². The first kappa shape index (κ1) is 24.5. The zero-order valence-corrected chi connectivity index (χ0v) is 21.2. The normalized spacial score (nSPS) is 24.6. The Morgan fingerprint density at radius 2 is 1.71 bits per heavy atom. The van der Waals surface area contributed by atoms with Crippen molar-refractivity contribution >= 4 is 17.4 Å². The van der Waals surface area contributed by atoms with E-state index in [9.17, 15) is 9.59 Å². The van der Waals surface area contributed by atoms with Crippen LogP contribution in [0.4, 0.5) is 5.69 Å². The lowest BCUT2D eigenvalue weighted by molar-refractivity contribution is -0.115. The molecule has 0 aromatic heterocycles. The van der Waals surface area contributed by atoms with Crippen LogP contribution in [0.15, 0.2) is 53.1 Å². The van der Waals surface area contributed by atoms with Gasteiger partial charge in [0.25, 0.3) is 5.91 Å². The number of carbonyl (C=O) groups excluding carboxylic acids is 2.